The van der Waals surface area contributed by atoms with Gasteiger partial charge in [-0.25, -0.2) is 4.98 Å². The first-order chi connectivity index (χ1) is 12.7. The molecule has 2 aliphatic rings. The van der Waals surface area contributed by atoms with Crippen LogP contribution in [0.25, 0.3) is 0 Å². The number of nitrogens with one attached hydrogen (secondary N) is 1. The summed E-state index contributed by atoms with van der Waals surface area (Å²) < 4.78 is 7.31. The lowest BCUT2D eigenvalue weighted by Crippen LogP contribution is -2.39. The number of aromatic amines is 1. The number of ether oxygens (including phenoxy) is 1. The summed E-state index contributed by atoms with van der Waals surface area (Å²) in [7, 11) is 1.90. The fourth-order valence-electron chi connectivity index (χ4n) is 3.93. The molecule has 3 aromatic rings. The molecule has 4 heterocycles. The van der Waals surface area contributed by atoms with Gasteiger partial charge in [0.2, 0.25) is 0 Å². The molecule has 7 nitrogen and oxygen atoms in total. The van der Waals surface area contributed by atoms with Crippen molar-refractivity contribution < 1.29 is 9.53 Å². The first kappa shape index (κ1) is 15.3. The van der Waals surface area contributed by atoms with Gasteiger partial charge in [0.1, 0.15) is 0 Å². The third-order valence-electron chi connectivity index (χ3n) is 5.26. The molecule has 1 amide bonds. The van der Waals surface area contributed by atoms with Crippen molar-refractivity contribution in [1.29, 1.82) is 0 Å². The Morgan fingerprint density at radius 2 is 2.27 bits per heavy atom. The summed E-state index contributed by atoms with van der Waals surface area (Å²) in [5.74, 6) is 0.0668. The summed E-state index contributed by atoms with van der Waals surface area (Å²) >= 11 is 0. The van der Waals surface area contributed by atoms with E-state index in [2.05, 4.69) is 15.1 Å². The Kier molecular flexibility index (Phi) is 3.43. The second-order valence-corrected chi connectivity index (χ2v) is 6.89. The number of carbonyl (C=O) groups excluding carboxylic acids is 1. The molecule has 26 heavy (non-hydrogen) atoms. The van der Waals surface area contributed by atoms with Gasteiger partial charge in [-0.05, 0) is 17.2 Å². The summed E-state index contributed by atoms with van der Waals surface area (Å²) in [4.78, 5) is 22.9. The minimum atomic E-state index is 0.0238. The zero-order valence-electron chi connectivity index (χ0n) is 14.5. The fraction of sp³-hybridized carbons (Fsp3) is 0.316. The van der Waals surface area contributed by atoms with E-state index in [0.717, 1.165) is 33.6 Å². The van der Waals surface area contributed by atoms with Crippen molar-refractivity contribution in [3.8, 4) is 0 Å². The van der Waals surface area contributed by atoms with Crippen molar-refractivity contribution in [3.63, 3.8) is 0 Å². The second-order valence-electron chi connectivity index (χ2n) is 6.89. The molecule has 2 aromatic heterocycles. The molecule has 1 aromatic carbocycles. The summed E-state index contributed by atoms with van der Waals surface area (Å²) in [6.45, 7) is 2.22. The van der Waals surface area contributed by atoms with E-state index in [9.17, 15) is 4.79 Å². The summed E-state index contributed by atoms with van der Waals surface area (Å²) in [6, 6.07) is 5.86. The quantitative estimate of drug-likeness (QED) is 0.767. The van der Waals surface area contributed by atoms with Crippen molar-refractivity contribution in [2.75, 3.05) is 6.54 Å². The van der Waals surface area contributed by atoms with Crippen LogP contribution in [0.5, 0.6) is 0 Å². The van der Waals surface area contributed by atoms with E-state index in [4.69, 9.17) is 4.74 Å². The third-order valence-corrected chi connectivity index (χ3v) is 5.26. The number of aromatic nitrogens is 4. The zero-order chi connectivity index (χ0) is 17.7. The standard InChI is InChI=1S/C19H19N5O2/c1-23-6-13(5-22-23)15-7-24(8-17-18(15)21-11-20-17)19(25)14-4-2-3-12-9-26-10-16(12)14/h2-6,11,15H,7-10H2,1H3,(H,20,21). The van der Waals surface area contributed by atoms with E-state index in [1.165, 1.54) is 0 Å². The third kappa shape index (κ3) is 2.35. The fourth-order valence-corrected chi connectivity index (χ4v) is 3.93. The SMILES string of the molecule is Cn1cc(C2CN(C(=O)c3cccc4c3COC4)Cc3[nH]cnc32)cn1. The number of aryl methyl sites for hydroxylation is 1. The molecule has 5 rings (SSSR count). The highest BCUT2D eigenvalue weighted by atomic mass is 16.5. The second kappa shape index (κ2) is 5.81. The van der Waals surface area contributed by atoms with Gasteiger partial charge >= 0.3 is 0 Å². The summed E-state index contributed by atoms with van der Waals surface area (Å²) in [6.07, 6.45) is 5.55. The smallest absolute Gasteiger partial charge is 0.254 e. The number of hydrogen-bond donors (Lipinski definition) is 1. The van der Waals surface area contributed by atoms with Gasteiger partial charge < -0.3 is 14.6 Å². The number of imidazole rings is 1. The Morgan fingerprint density at radius 1 is 1.35 bits per heavy atom. The Morgan fingerprint density at radius 3 is 3.12 bits per heavy atom. The zero-order valence-corrected chi connectivity index (χ0v) is 14.5. The molecule has 7 heteroatoms. The molecule has 0 saturated heterocycles. The van der Waals surface area contributed by atoms with Crippen LogP contribution in [0.3, 0.4) is 0 Å². The molecule has 1 N–H and O–H groups in total. The molecule has 0 spiro atoms. The normalized spacial score (nSPS) is 18.7. The Balaban J connectivity index is 1.51. The van der Waals surface area contributed by atoms with Crippen molar-refractivity contribution in [2.45, 2.75) is 25.7 Å². The van der Waals surface area contributed by atoms with Crippen LogP contribution in [0.2, 0.25) is 0 Å². The van der Waals surface area contributed by atoms with Crippen molar-refractivity contribution in [3.05, 3.63) is 70.6 Å². The number of H-pyrrole nitrogens is 1. The van der Waals surface area contributed by atoms with Gasteiger partial charge in [0, 0.05) is 36.8 Å². The lowest BCUT2D eigenvalue weighted by molar-refractivity contribution is 0.0717. The predicted molar refractivity (Wildman–Crippen MR) is 93.3 cm³/mol. The van der Waals surface area contributed by atoms with Gasteiger partial charge in [-0.3, -0.25) is 9.48 Å². The van der Waals surface area contributed by atoms with Crippen molar-refractivity contribution in [2.24, 2.45) is 7.05 Å². The number of rotatable bonds is 2. The number of hydrogen-bond acceptors (Lipinski definition) is 4. The highest BCUT2D eigenvalue weighted by Crippen LogP contribution is 2.33. The lowest BCUT2D eigenvalue weighted by atomic mass is 9.92. The topological polar surface area (TPSA) is 76.0 Å². The molecular formula is C19H19N5O2. The lowest BCUT2D eigenvalue weighted by Gasteiger charge is -2.32. The first-order valence-corrected chi connectivity index (χ1v) is 8.69. The minimum absolute atomic E-state index is 0.0238. The van der Waals surface area contributed by atoms with Crippen molar-refractivity contribution in [1.82, 2.24) is 24.6 Å². The van der Waals surface area contributed by atoms with Crippen LogP contribution in [0, 0.1) is 0 Å². The molecule has 0 saturated carbocycles. The van der Waals surface area contributed by atoms with E-state index < -0.39 is 0 Å². The van der Waals surface area contributed by atoms with E-state index in [0.29, 0.717) is 26.3 Å². The van der Waals surface area contributed by atoms with Gasteiger partial charge in [-0.15, -0.1) is 0 Å². The van der Waals surface area contributed by atoms with Gasteiger partial charge in [-0.2, -0.15) is 5.10 Å². The van der Waals surface area contributed by atoms with Crippen LogP contribution in [-0.2, 0) is 31.5 Å². The maximum atomic E-state index is 13.3. The van der Waals surface area contributed by atoms with E-state index in [1.54, 1.807) is 11.0 Å². The Labute approximate surface area is 150 Å². The number of carbonyl (C=O) groups is 1. The first-order valence-electron chi connectivity index (χ1n) is 8.69. The molecule has 132 valence electrons. The van der Waals surface area contributed by atoms with Crippen molar-refractivity contribution >= 4 is 5.91 Å². The average molecular weight is 349 g/mol. The van der Waals surface area contributed by atoms with Crippen LogP contribution in [0.4, 0.5) is 0 Å². The highest BCUT2D eigenvalue weighted by molar-refractivity contribution is 5.96. The maximum absolute atomic E-state index is 13.3. The Bertz CT molecular complexity index is 989. The number of fused-ring (bicyclic) bond motifs is 2. The van der Waals surface area contributed by atoms with Gasteiger partial charge in [0.15, 0.2) is 0 Å². The van der Waals surface area contributed by atoms with Gasteiger partial charge in [-0.1, -0.05) is 12.1 Å². The van der Waals surface area contributed by atoms with E-state index >= 15 is 0 Å². The molecule has 0 radical (unpaired) electrons. The maximum Gasteiger partial charge on any atom is 0.254 e. The highest BCUT2D eigenvalue weighted by Gasteiger charge is 2.33. The van der Waals surface area contributed by atoms with Crippen LogP contribution >= 0.6 is 0 Å². The molecule has 1 atom stereocenters. The minimum Gasteiger partial charge on any atom is -0.372 e. The van der Waals surface area contributed by atoms with Crippen LogP contribution in [-0.4, -0.2) is 37.1 Å². The number of amides is 1. The van der Waals surface area contributed by atoms with Gasteiger partial charge in [0.05, 0.1) is 43.7 Å². The van der Waals surface area contributed by atoms with Crippen LogP contribution < -0.4 is 0 Å². The van der Waals surface area contributed by atoms with E-state index in [-0.39, 0.29) is 11.8 Å². The largest absolute Gasteiger partial charge is 0.372 e. The predicted octanol–water partition coefficient (Wildman–Crippen LogP) is 1.96. The molecule has 1 unspecified atom stereocenters. The molecule has 2 aliphatic heterocycles. The summed E-state index contributed by atoms with van der Waals surface area (Å²) in [5.41, 5.74) is 5.93. The Hall–Kier alpha value is -2.93. The summed E-state index contributed by atoms with van der Waals surface area (Å²) in [5, 5.41) is 4.28. The van der Waals surface area contributed by atoms with Gasteiger partial charge in [0.25, 0.3) is 5.91 Å². The molecule has 0 aliphatic carbocycles. The molecule has 0 bridgehead atoms. The monoisotopic (exact) mass is 349 g/mol. The average Bonchev–Trinajstić information content (AvgIpc) is 3.39. The molecular weight excluding hydrogens is 330 g/mol. The van der Waals surface area contributed by atoms with Crippen LogP contribution in [0.1, 0.15) is 44.4 Å². The number of benzene rings is 1. The van der Waals surface area contributed by atoms with Crippen LogP contribution in [0.15, 0.2) is 36.9 Å². The molecule has 0 fully saturated rings. The number of nitrogens with zero attached hydrogens (tertiary/aromatic N) is 4. The van der Waals surface area contributed by atoms with E-state index in [1.807, 2.05) is 42.5 Å².